The Balaban J connectivity index is 0.00000324. The van der Waals surface area contributed by atoms with E-state index in [1.165, 1.54) is 25.7 Å². The second-order valence-corrected chi connectivity index (χ2v) is 6.14. The lowest BCUT2D eigenvalue weighted by Gasteiger charge is -2.25. The van der Waals surface area contributed by atoms with Gasteiger partial charge < -0.3 is 10.6 Å². The fourth-order valence-electron chi connectivity index (χ4n) is 2.62. The number of halogens is 1. The molecule has 1 fully saturated rings. The molecule has 0 aromatic rings. The van der Waals surface area contributed by atoms with Crippen molar-refractivity contribution in [3.63, 3.8) is 0 Å². The highest BCUT2D eigenvalue weighted by Crippen LogP contribution is 2.24. The lowest BCUT2D eigenvalue weighted by atomic mass is 9.98. The molecule has 0 aliphatic heterocycles. The van der Waals surface area contributed by atoms with Gasteiger partial charge in [-0.2, -0.15) is 0 Å². The Hall–Kier alpha value is -0.280. The zero-order valence-corrected chi connectivity index (χ0v) is 13.5. The van der Waals surface area contributed by atoms with E-state index in [-0.39, 0.29) is 24.4 Å². The number of nitrogens with zero attached hydrogens (tertiary/aromatic N) is 1. The predicted octanol–water partition coefficient (Wildman–Crippen LogP) is 3.21. The van der Waals surface area contributed by atoms with E-state index >= 15 is 0 Å². The number of hydrogen-bond acceptors (Lipinski definition) is 2. The van der Waals surface area contributed by atoms with Crippen molar-refractivity contribution in [1.29, 1.82) is 0 Å². The predicted molar refractivity (Wildman–Crippen MR) is 83.5 cm³/mol. The summed E-state index contributed by atoms with van der Waals surface area (Å²) in [7, 11) is 1.93. The molecule has 1 atom stereocenters. The Labute approximate surface area is 124 Å². The van der Waals surface area contributed by atoms with Crippen molar-refractivity contribution in [1.82, 2.24) is 4.90 Å². The van der Waals surface area contributed by atoms with Gasteiger partial charge in [0.1, 0.15) is 0 Å². The molecule has 0 radical (unpaired) electrons. The molecule has 0 aromatic carbocycles. The summed E-state index contributed by atoms with van der Waals surface area (Å²) in [6, 6.07) is 0.203. The van der Waals surface area contributed by atoms with Gasteiger partial charge in [-0.05, 0) is 25.2 Å². The minimum atomic E-state index is 0. The van der Waals surface area contributed by atoms with Crippen LogP contribution in [0.2, 0.25) is 0 Å². The van der Waals surface area contributed by atoms with E-state index in [4.69, 9.17) is 5.73 Å². The van der Waals surface area contributed by atoms with Crippen LogP contribution in [0.25, 0.3) is 0 Å². The first-order valence-corrected chi connectivity index (χ1v) is 7.53. The summed E-state index contributed by atoms with van der Waals surface area (Å²) in [5.41, 5.74) is 6.03. The largest absolute Gasteiger partial charge is 0.345 e. The van der Waals surface area contributed by atoms with Gasteiger partial charge in [-0.3, -0.25) is 4.79 Å². The van der Waals surface area contributed by atoms with Gasteiger partial charge in [0.25, 0.3) is 0 Å². The minimum Gasteiger partial charge on any atom is -0.345 e. The third kappa shape index (κ3) is 6.62. The first-order chi connectivity index (χ1) is 8.52. The van der Waals surface area contributed by atoms with Crippen LogP contribution >= 0.6 is 12.4 Å². The Kier molecular flexibility index (Phi) is 9.46. The fourth-order valence-corrected chi connectivity index (χ4v) is 2.62. The highest BCUT2D eigenvalue weighted by molar-refractivity contribution is 5.85. The van der Waals surface area contributed by atoms with E-state index in [0.29, 0.717) is 11.8 Å². The van der Waals surface area contributed by atoms with E-state index in [1.54, 1.807) is 0 Å². The maximum absolute atomic E-state index is 12.3. The first-order valence-electron chi connectivity index (χ1n) is 7.53. The number of rotatable bonds is 5. The monoisotopic (exact) mass is 290 g/mol. The zero-order chi connectivity index (χ0) is 13.5. The summed E-state index contributed by atoms with van der Waals surface area (Å²) >= 11 is 0. The van der Waals surface area contributed by atoms with Gasteiger partial charge in [-0.25, -0.2) is 0 Å². The van der Waals surface area contributed by atoms with Crippen molar-refractivity contribution in [2.24, 2.45) is 17.6 Å². The van der Waals surface area contributed by atoms with Crippen molar-refractivity contribution in [3.8, 4) is 0 Å². The summed E-state index contributed by atoms with van der Waals surface area (Å²) in [6.07, 6.45) is 8.11. The minimum absolute atomic E-state index is 0. The van der Waals surface area contributed by atoms with Gasteiger partial charge in [-0.1, -0.05) is 39.5 Å². The highest BCUT2D eigenvalue weighted by atomic mass is 35.5. The molecule has 114 valence electrons. The van der Waals surface area contributed by atoms with Crippen molar-refractivity contribution in [3.05, 3.63) is 0 Å². The Morgan fingerprint density at radius 3 is 2.21 bits per heavy atom. The van der Waals surface area contributed by atoms with Crippen LogP contribution in [-0.2, 0) is 4.79 Å². The smallest absolute Gasteiger partial charge is 0.225 e. The Morgan fingerprint density at radius 1 is 1.21 bits per heavy atom. The van der Waals surface area contributed by atoms with Crippen molar-refractivity contribution < 1.29 is 4.79 Å². The lowest BCUT2D eigenvalue weighted by Crippen LogP contribution is -2.37. The normalized spacial score (nSPS) is 18.6. The molecule has 19 heavy (non-hydrogen) atoms. The van der Waals surface area contributed by atoms with Crippen LogP contribution in [0.3, 0.4) is 0 Å². The van der Waals surface area contributed by atoms with E-state index in [0.717, 1.165) is 25.8 Å². The standard InChI is InChI=1S/C15H30N2O.ClH/c1-12(2)14(16)10-11-17(3)15(18)13-8-6-4-5-7-9-13;/h12-14H,4-11,16H2,1-3H3;1H. The molecule has 1 unspecified atom stereocenters. The van der Waals surface area contributed by atoms with Gasteiger partial charge in [-0.15, -0.1) is 12.4 Å². The Bertz CT molecular complexity index is 251. The average molecular weight is 291 g/mol. The van der Waals surface area contributed by atoms with Crippen LogP contribution < -0.4 is 5.73 Å². The molecule has 4 heteroatoms. The third-order valence-corrected chi connectivity index (χ3v) is 4.23. The summed E-state index contributed by atoms with van der Waals surface area (Å²) in [6.45, 7) is 5.07. The molecule has 0 saturated heterocycles. The summed E-state index contributed by atoms with van der Waals surface area (Å²) < 4.78 is 0. The van der Waals surface area contributed by atoms with Crippen LogP contribution in [0, 0.1) is 11.8 Å². The van der Waals surface area contributed by atoms with Crippen LogP contribution in [-0.4, -0.2) is 30.4 Å². The maximum Gasteiger partial charge on any atom is 0.225 e. The second kappa shape index (κ2) is 9.60. The molecule has 1 aliphatic rings. The molecule has 1 amide bonds. The maximum atomic E-state index is 12.3. The lowest BCUT2D eigenvalue weighted by molar-refractivity contribution is -0.134. The molecule has 3 nitrogen and oxygen atoms in total. The van der Waals surface area contributed by atoms with E-state index in [2.05, 4.69) is 13.8 Å². The third-order valence-electron chi connectivity index (χ3n) is 4.23. The topological polar surface area (TPSA) is 46.3 Å². The number of nitrogens with two attached hydrogens (primary N) is 1. The summed E-state index contributed by atoms with van der Waals surface area (Å²) in [5.74, 6) is 1.10. The zero-order valence-electron chi connectivity index (χ0n) is 12.7. The average Bonchev–Trinajstić information content (AvgIpc) is 2.63. The van der Waals surface area contributed by atoms with Crippen LogP contribution in [0.5, 0.6) is 0 Å². The molecule has 1 aliphatic carbocycles. The Morgan fingerprint density at radius 2 is 1.74 bits per heavy atom. The van der Waals surface area contributed by atoms with Crippen LogP contribution in [0.15, 0.2) is 0 Å². The SMILES string of the molecule is CC(C)C(N)CCN(C)C(=O)C1CCCCCC1.Cl. The van der Waals surface area contributed by atoms with Gasteiger partial charge in [0.2, 0.25) is 5.91 Å². The van der Waals surface area contributed by atoms with E-state index in [1.807, 2.05) is 11.9 Å². The first kappa shape index (κ1) is 18.7. The summed E-state index contributed by atoms with van der Waals surface area (Å²) in [4.78, 5) is 14.2. The van der Waals surface area contributed by atoms with Gasteiger partial charge in [0.15, 0.2) is 0 Å². The molecule has 0 aromatic heterocycles. The van der Waals surface area contributed by atoms with Gasteiger partial charge in [0.05, 0.1) is 0 Å². The fraction of sp³-hybridized carbons (Fsp3) is 0.933. The quantitative estimate of drug-likeness (QED) is 0.790. The van der Waals surface area contributed by atoms with Crippen molar-refractivity contribution >= 4 is 18.3 Å². The number of carbonyl (C=O) groups is 1. The van der Waals surface area contributed by atoms with Gasteiger partial charge in [0, 0.05) is 25.6 Å². The van der Waals surface area contributed by atoms with Crippen molar-refractivity contribution in [2.45, 2.75) is 64.8 Å². The number of hydrogen-bond donors (Lipinski definition) is 1. The number of carbonyl (C=O) groups excluding carboxylic acids is 1. The molecule has 0 heterocycles. The molecule has 1 saturated carbocycles. The second-order valence-electron chi connectivity index (χ2n) is 6.14. The molecule has 1 rings (SSSR count). The molecule has 0 spiro atoms. The van der Waals surface area contributed by atoms with Crippen LogP contribution in [0.1, 0.15) is 58.8 Å². The number of amides is 1. The van der Waals surface area contributed by atoms with Crippen LogP contribution in [0.4, 0.5) is 0 Å². The van der Waals surface area contributed by atoms with Crippen molar-refractivity contribution in [2.75, 3.05) is 13.6 Å². The van der Waals surface area contributed by atoms with Gasteiger partial charge >= 0.3 is 0 Å². The molecule has 0 bridgehead atoms. The molecular weight excluding hydrogens is 260 g/mol. The molecular formula is C15H31ClN2O. The summed E-state index contributed by atoms with van der Waals surface area (Å²) in [5, 5.41) is 0. The van der Waals surface area contributed by atoms with E-state index in [9.17, 15) is 4.79 Å². The van der Waals surface area contributed by atoms with E-state index < -0.39 is 0 Å². The molecule has 2 N–H and O–H groups in total. The highest BCUT2D eigenvalue weighted by Gasteiger charge is 2.23.